The van der Waals surface area contributed by atoms with Crippen molar-refractivity contribution < 1.29 is 22.8 Å². The van der Waals surface area contributed by atoms with Gasteiger partial charge in [0.1, 0.15) is 5.39 Å². The highest BCUT2D eigenvalue weighted by molar-refractivity contribution is 9.08. The van der Waals surface area contributed by atoms with Gasteiger partial charge in [0.05, 0.1) is 35.5 Å². The van der Waals surface area contributed by atoms with Crippen LogP contribution in [0.2, 0.25) is 0 Å². The number of hydrogen-bond acceptors (Lipinski definition) is 8. The molecular weight excluding hydrogens is 615 g/mol. The van der Waals surface area contributed by atoms with Gasteiger partial charge in [0.15, 0.2) is 11.5 Å². The van der Waals surface area contributed by atoms with Gasteiger partial charge >= 0.3 is 11.9 Å². The van der Waals surface area contributed by atoms with Crippen LogP contribution in [0.3, 0.4) is 0 Å². The molecule has 0 saturated carbocycles. The van der Waals surface area contributed by atoms with Crippen LogP contribution in [0.1, 0.15) is 16.8 Å². The van der Waals surface area contributed by atoms with Crippen LogP contribution < -0.4 is 16.0 Å². The number of nitrogens with zero attached hydrogens (tertiary/aromatic N) is 7. The second-order valence-corrected chi connectivity index (χ2v) is 9.12. The van der Waals surface area contributed by atoms with Gasteiger partial charge in [-0.05, 0) is 29.8 Å². The summed E-state index contributed by atoms with van der Waals surface area (Å²) in [6.07, 6.45) is -4.71. The molecule has 0 aliphatic carbocycles. The molecule has 0 saturated heterocycles. The normalized spacial score (nSPS) is 11.6. The minimum Gasteiger partial charge on any atom is -0.480 e. The Kier molecular flexibility index (Phi) is 7.17. The van der Waals surface area contributed by atoms with E-state index in [1.807, 2.05) is 0 Å². The molecule has 0 spiro atoms. The van der Waals surface area contributed by atoms with Crippen molar-refractivity contribution in [3.63, 3.8) is 0 Å². The highest BCUT2D eigenvalue weighted by Gasteiger charge is 2.33. The first-order chi connectivity index (χ1) is 19.5. The Morgan fingerprint density at radius 3 is 2.32 bits per heavy atom. The third kappa shape index (κ3) is 4.97. The molecule has 0 atom stereocenters. The molecule has 5 rings (SSSR count). The predicted octanol–water partition coefficient (Wildman–Crippen LogP) is 4.01. The topological polar surface area (TPSA) is 140 Å². The van der Waals surface area contributed by atoms with Gasteiger partial charge in [-0.1, -0.05) is 34.1 Å². The number of halogens is 4. The van der Waals surface area contributed by atoms with Crippen LogP contribution >= 0.6 is 15.9 Å². The largest absolute Gasteiger partial charge is 0.480 e. The third-order valence-electron chi connectivity index (χ3n) is 6.20. The van der Waals surface area contributed by atoms with Crippen LogP contribution in [0.4, 0.5) is 18.9 Å². The number of non-ortho nitro benzene ring substituents is 1. The van der Waals surface area contributed by atoms with Gasteiger partial charge in [0, 0.05) is 23.5 Å². The molecule has 3 aromatic heterocycles. The first kappa shape index (κ1) is 27.7. The molecule has 0 fully saturated rings. The van der Waals surface area contributed by atoms with Crippen molar-refractivity contribution in [3.05, 3.63) is 108 Å². The summed E-state index contributed by atoms with van der Waals surface area (Å²) in [6, 6.07) is 12.7. The summed E-state index contributed by atoms with van der Waals surface area (Å²) in [5.41, 5.74) is -2.87. The molecule has 5 aromatic rings. The fraction of sp³-hybridized carbons (Fsp3) is 0.160. The molecule has 0 amide bonds. The van der Waals surface area contributed by atoms with E-state index in [1.54, 1.807) is 0 Å². The van der Waals surface area contributed by atoms with Crippen molar-refractivity contribution in [1.82, 2.24) is 29.1 Å². The van der Waals surface area contributed by atoms with Crippen LogP contribution in [0, 0.1) is 10.1 Å². The summed E-state index contributed by atoms with van der Waals surface area (Å²) in [5.74, 6) is -0.0846. The quantitative estimate of drug-likeness (QED) is 0.149. The molecule has 41 heavy (non-hydrogen) atoms. The van der Waals surface area contributed by atoms with Gasteiger partial charge in [-0.25, -0.2) is 14.0 Å². The summed E-state index contributed by atoms with van der Waals surface area (Å²) < 4.78 is 49.4. The maximum absolute atomic E-state index is 13.8. The van der Waals surface area contributed by atoms with Crippen LogP contribution in [-0.2, 0) is 18.1 Å². The molecule has 0 radical (unpaired) electrons. The summed E-state index contributed by atoms with van der Waals surface area (Å²) in [7, 11) is 1.35. The third-order valence-corrected chi connectivity index (χ3v) is 6.74. The summed E-state index contributed by atoms with van der Waals surface area (Å²) in [5, 5.41) is 23.2. The first-order valence-electron chi connectivity index (χ1n) is 11.7. The number of nitro benzene ring substituents is 1. The molecule has 0 unspecified atom stereocenters. The Labute approximate surface area is 235 Å². The Balaban J connectivity index is 1.84. The minimum atomic E-state index is -4.71. The van der Waals surface area contributed by atoms with E-state index in [9.17, 15) is 32.9 Å². The molecule has 0 aliphatic rings. The summed E-state index contributed by atoms with van der Waals surface area (Å²) in [4.78, 5) is 38.1. The van der Waals surface area contributed by atoms with Gasteiger partial charge in [-0.3, -0.25) is 19.5 Å². The molecule has 16 heteroatoms. The predicted molar refractivity (Wildman–Crippen MR) is 143 cm³/mol. The van der Waals surface area contributed by atoms with E-state index in [0.717, 1.165) is 10.6 Å². The first-order valence-corrected chi connectivity index (χ1v) is 12.8. The van der Waals surface area contributed by atoms with Crippen molar-refractivity contribution in [2.24, 2.45) is 0 Å². The molecule has 0 N–H and O–H groups in total. The number of nitro groups is 1. The van der Waals surface area contributed by atoms with Gasteiger partial charge in [-0.2, -0.15) is 13.2 Å². The second-order valence-electron chi connectivity index (χ2n) is 8.56. The molecule has 0 aliphatic heterocycles. The van der Waals surface area contributed by atoms with E-state index in [0.29, 0.717) is 10.3 Å². The lowest BCUT2D eigenvalue weighted by Crippen LogP contribution is -2.40. The standard InChI is InChI=1S/C25H17BrF3N7O5/c1-41-20-11-10-19(30-31-20)34-23(37)21-18(12-26)35(15-6-8-16(9-7-15)36(39)40)32-22(21)33(24(34)38)13-14-4-2-3-5-17(14)25(27,28)29/h2-11H,12-13H2,1H3. The van der Waals surface area contributed by atoms with Gasteiger partial charge in [0.2, 0.25) is 5.88 Å². The number of alkyl halides is 4. The number of methoxy groups -OCH3 is 1. The number of aromatic nitrogens is 6. The number of benzene rings is 2. The van der Waals surface area contributed by atoms with Crippen molar-refractivity contribution in [2.45, 2.75) is 18.1 Å². The van der Waals surface area contributed by atoms with E-state index in [2.05, 4.69) is 31.2 Å². The van der Waals surface area contributed by atoms with E-state index in [4.69, 9.17) is 4.74 Å². The van der Waals surface area contributed by atoms with Crippen molar-refractivity contribution >= 4 is 32.7 Å². The zero-order valence-electron chi connectivity index (χ0n) is 20.9. The van der Waals surface area contributed by atoms with Crippen molar-refractivity contribution in [1.29, 1.82) is 0 Å². The maximum atomic E-state index is 13.8. The SMILES string of the molecule is COc1ccc(-n2c(=O)c3c(CBr)n(-c4ccc([N+](=O)[O-])cc4)nc3n(Cc3ccccc3C(F)(F)F)c2=O)nn1. The Morgan fingerprint density at radius 2 is 1.73 bits per heavy atom. The number of ether oxygens (including phenoxy) is 1. The smallest absolute Gasteiger partial charge is 0.416 e. The highest BCUT2D eigenvalue weighted by Crippen LogP contribution is 2.32. The summed E-state index contributed by atoms with van der Waals surface area (Å²) in [6.45, 7) is -0.589. The summed E-state index contributed by atoms with van der Waals surface area (Å²) >= 11 is 3.33. The lowest BCUT2D eigenvalue weighted by Gasteiger charge is -2.15. The fourth-order valence-electron chi connectivity index (χ4n) is 4.30. The van der Waals surface area contributed by atoms with E-state index < -0.39 is 34.5 Å². The van der Waals surface area contributed by atoms with Crippen molar-refractivity contribution in [3.8, 4) is 17.4 Å². The van der Waals surface area contributed by atoms with Crippen LogP contribution in [0.25, 0.3) is 22.5 Å². The second kappa shape index (κ2) is 10.6. The lowest BCUT2D eigenvalue weighted by molar-refractivity contribution is -0.384. The lowest BCUT2D eigenvalue weighted by atomic mass is 10.1. The number of hydrogen-bond donors (Lipinski definition) is 0. The maximum Gasteiger partial charge on any atom is 0.416 e. The number of rotatable bonds is 7. The Hall–Kier alpha value is -4.86. The average molecular weight is 632 g/mol. The average Bonchev–Trinajstić information content (AvgIpc) is 3.35. The Bertz CT molecular complexity index is 1900. The van der Waals surface area contributed by atoms with E-state index in [1.165, 1.54) is 66.4 Å². The zero-order chi connectivity index (χ0) is 29.5. The fourth-order valence-corrected chi connectivity index (χ4v) is 4.82. The van der Waals surface area contributed by atoms with E-state index >= 15 is 0 Å². The Morgan fingerprint density at radius 1 is 1.02 bits per heavy atom. The molecule has 0 bridgehead atoms. The minimum absolute atomic E-state index is 0.0291. The van der Waals surface area contributed by atoms with Gasteiger partial charge < -0.3 is 4.74 Å². The van der Waals surface area contributed by atoms with Gasteiger partial charge in [0.25, 0.3) is 11.2 Å². The van der Waals surface area contributed by atoms with E-state index in [-0.39, 0.29) is 45.0 Å². The van der Waals surface area contributed by atoms with Crippen molar-refractivity contribution in [2.75, 3.05) is 7.11 Å². The van der Waals surface area contributed by atoms with Crippen LogP contribution in [-0.4, -0.2) is 41.1 Å². The number of fused-ring (bicyclic) bond motifs is 1. The molecular formula is C25H17BrF3N7O5. The molecule has 3 heterocycles. The van der Waals surface area contributed by atoms with Crippen LogP contribution in [0.5, 0.6) is 5.88 Å². The van der Waals surface area contributed by atoms with Crippen LogP contribution in [0.15, 0.2) is 70.3 Å². The molecule has 12 nitrogen and oxygen atoms in total. The zero-order valence-corrected chi connectivity index (χ0v) is 22.5. The highest BCUT2D eigenvalue weighted by atomic mass is 79.9. The monoisotopic (exact) mass is 631 g/mol. The van der Waals surface area contributed by atoms with Gasteiger partial charge in [-0.15, -0.1) is 15.3 Å². The molecule has 2 aromatic carbocycles. The molecule has 210 valence electrons.